The first-order valence-corrected chi connectivity index (χ1v) is 10.4. The summed E-state index contributed by atoms with van der Waals surface area (Å²) < 4.78 is 2.19. The van der Waals surface area contributed by atoms with Gasteiger partial charge in [0.2, 0.25) is 0 Å². The van der Waals surface area contributed by atoms with Crippen LogP contribution in [0.3, 0.4) is 0 Å². The van der Waals surface area contributed by atoms with Gasteiger partial charge in [-0.15, -0.1) is 0 Å². The molecule has 3 heterocycles. The van der Waals surface area contributed by atoms with Gasteiger partial charge >= 0.3 is 0 Å². The molecule has 1 amide bonds. The van der Waals surface area contributed by atoms with Gasteiger partial charge in [-0.25, -0.2) is 4.98 Å². The fourth-order valence-electron chi connectivity index (χ4n) is 4.00. The number of hydrogen-bond donors (Lipinski definition) is 1. The summed E-state index contributed by atoms with van der Waals surface area (Å²) in [6.07, 6.45) is 9.54. The molecule has 0 saturated heterocycles. The number of hydrogen-bond acceptors (Lipinski definition) is 3. The van der Waals surface area contributed by atoms with Gasteiger partial charge in [0.15, 0.2) is 0 Å². The quantitative estimate of drug-likeness (QED) is 0.493. The molecule has 5 rings (SSSR count). The van der Waals surface area contributed by atoms with Gasteiger partial charge in [-0.1, -0.05) is 30.2 Å². The SMILES string of the molecule is Cc1ccc(NC(=O)c2cc(-c3cccn4c(C5CCC5)ncc34)cnc2C)cc1. The minimum absolute atomic E-state index is 0.152. The Morgan fingerprint density at radius 2 is 1.87 bits per heavy atom. The Bertz CT molecular complexity index is 1240. The zero-order valence-electron chi connectivity index (χ0n) is 17.2. The van der Waals surface area contributed by atoms with E-state index in [0.29, 0.717) is 17.2 Å². The number of amides is 1. The van der Waals surface area contributed by atoms with E-state index in [2.05, 4.69) is 27.0 Å². The molecule has 0 radical (unpaired) electrons. The Balaban J connectivity index is 1.51. The zero-order valence-corrected chi connectivity index (χ0v) is 17.2. The number of rotatable bonds is 4. The predicted octanol–water partition coefficient (Wildman–Crippen LogP) is 5.53. The van der Waals surface area contributed by atoms with E-state index in [1.807, 2.05) is 62.6 Å². The number of aryl methyl sites for hydroxylation is 2. The van der Waals surface area contributed by atoms with E-state index in [9.17, 15) is 4.79 Å². The first kappa shape index (κ1) is 18.6. The summed E-state index contributed by atoms with van der Waals surface area (Å²) in [7, 11) is 0. The third-order valence-electron chi connectivity index (χ3n) is 6.02. The van der Waals surface area contributed by atoms with Crippen LogP contribution in [0.25, 0.3) is 16.6 Å². The van der Waals surface area contributed by atoms with Crippen LogP contribution in [0.4, 0.5) is 5.69 Å². The molecule has 0 bridgehead atoms. The maximum absolute atomic E-state index is 12.9. The molecular weight excluding hydrogens is 372 g/mol. The second-order valence-corrected chi connectivity index (χ2v) is 8.10. The number of nitrogens with zero attached hydrogens (tertiary/aromatic N) is 3. The van der Waals surface area contributed by atoms with E-state index in [0.717, 1.165) is 33.7 Å². The smallest absolute Gasteiger partial charge is 0.257 e. The maximum atomic E-state index is 12.9. The number of carbonyl (C=O) groups is 1. The zero-order chi connectivity index (χ0) is 20.7. The second-order valence-electron chi connectivity index (χ2n) is 8.10. The molecule has 1 saturated carbocycles. The Kier molecular flexibility index (Phi) is 4.58. The number of fused-ring (bicyclic) bond motifs is 1. The average Bonchev–Trinajstić information content (AvgIpc) is 3.13. The molecule has 1 aliphatic rings. The summed E-state index contributed by atoms with van der Waals surface area (Å²) in [5.74, 6) is 1.53. The summed E-state index contributed by atoms with van der Waals surface area (Å²) in [5.41, 5.74) is 6.22. The molecule has 5 nitrogen and oxygen atoms in total. The lowest BCUT2D eigenvalue weighted by Gasteiger charge is -2.24. The molecule has 1 aliphatic carbocycles. The van der Waals surface area contributed by atoms with Gasteiger partial charge in [-0.2, -0.15) is 0 Å². The molecule has 5 heteroatoms. The van der Waals surface area contributed by atoms with E-state index in [1.165, 1.54) is 19.3 Å². The number of nitrogens with one attached hydrogen (secondary N) is 1. The van der Waals surface area contributed by atoms with Crippen molar-refractivity contribution in [1.29, 1.82) is 0 Å². The van der Waals surface area contributed by atoms with E-state index in [-0.39, 0.29) is 5.91 Å². The lowest BCUT2D eigenvalue weighted by molar-refractivity contribution is 0.102. The highest BCUT2D eigenvalue weighted by Crippen LogP contribution is 2.37. The molecule has 30 heavy (non-hydrogen) atoms. The molecule has 1 fully saturated rings. The molecule has 3 aromatic heterocycles. The van der Waals surface area contributed by atoms with Crippen LogP contribution in [0.1, 0.15) is 52.6 Å². The van der Waals surface area contributed by atoms with Gasteiger partial charge in [0.05, 0.1) is 23.0 Å². The topological polar surface area (TPSA) is 59.3 Å². The standard InChI is InChI=1S/C25H24N4O/c1-16-8-10-20(11-9-16)28-25(30)22-13-19(14-26-17(22)2)21-7-4-12-29-23(21)15-27-24(29)18-5-3-6-18/h4,7-15,18H,3,5-6H2,1-2H3,(H,28,30). The first-order valence-electron chi connectivity index (χ1n) is 10.4. The Morgan fingerprint density at radius 1 is 1.07 bits per heavy atom. The van der Waals surface area contributed by atoms with Crippen LogP contribution < -0.4 is 5.32 Å². The molecule has 0 atom stereocenters. The van der Waals surface area contributed by atoms with Crippen molar-refractivity contribution >= 4 is 17.1 Å². The van der Waals surface area contributed by atoms with Crippen molar-refractivity contribution in [1.82, 2.24) is 14.4 Å². The van der Waals surface area contributed by atoms with E-state index in [4.69, 9.17) is 4.98 Å². The van der Waals surface area contributed by atoms with Crippen LogP contribution in [0.2, 0.25) is 0 Å². The number of benzene rings is 1. The predicted molar refractivity (Wildman–Crippen MR) is 119 cm³/mol. The lowest BCUT2D eigenvalue weighted by Crippen LogP contribution is -2.14. The average molecular weight is 396 g/mol. The van der Waals surface area contributed by atoms with E-state index < -0.39 is 0 Å². The van der Waals surface area contributed by atoms with Crippen molar-refractivity contribution in [3.05, 3.63) is 83.7 Å². The van der Waals surface area contributed by atoms with Gasteiger partial charge < -0.3 is 9.72 Å². The minimum atomic E-state index is -0.152. The number of carbonyl (C=O) groups excluding carboxylic acids is 1. The fraction of sp³-hybridized carbons (Fsp3) is 0.240. The number of imidazole rings is 1. The van der Waals surface area contributed by atoms with Gasteiger partial charge in [0.25, 0.3) is 5.91 Å². The Hall–Kier alpha value is -3.47. The van der Waals surface area contributed by atoms with E-state index in [1.54, 1.807) is 0 Å². The normalized spacial score (nSPS) is 13.9. The van der Waals surface area contributed by atoms with Gasteiger partial charge in [-0.3, -0.25) is 9.78 Å². The van der Waals surface area contributed by atoms with Crippen molar-refractivity contribution in [2.45, 2.75) is 39.0 Å². The maximum Gasteiger partial charge on any atom is 0.257 e. The van der Waals surface area contributed by atoms with Crippen molar-refractivity contribution in [3.8, 4) is 11.1 Å². The molecule has 0 spiro atoms. The van der Waals surface area contributed by atoms with Crippen molar-refractivity contribution in [2.75, 3.05) is 5.32 Å². The minimum Gasteiger partial charge on any atom is -0.322 e. The van der Waals surface area contributed by atoms with Crippen LogP contribution in [0.5, 0.6) is 0 Å². The van der Waals surface area contributed by atoms with Crippen LogP contribution >= 0.6 is 0 Å². The third kappa shape index (κ3) is 3.26. The highest BCUT2D eigenvalue weighted by atomic mass is 16.1. The van der Waals surface area contributed by atoms with Gasteiger partial charge in [0, 0.05) is 35.1 Å². The van der Waals surface area contributed by atoms with Crippen molar-refractivity contribution < 1.29 is 4.79 Å². The molecule has 4 aromatic rings. The highest BCUT2D eigenvalue weighted by Gasteiger charge is 2.24. The summed E-state index contributed by atoms with van der Waals surface area (Å²) >= 11 is 0. The van der Waals surface area contributed by atoms with Crippen LogP contribution in [-0.2, 0) is 0 Å². The molecule has 0 unspecified atom stereocenters. The summed E-state index contributed by atoms with van der Waals surface area (Å²) in [5, 5.41) is 2.98. The van der Waals surface area contributed by atoms with Crippen molar-refractivity contribution in [2.24, 2.45) is 0 Å². The molecule has 1 N–H and O–H groups in total. The highest BCUT2D eigenvalue weighted by molar-refractivity contribution is 6.05. The van der Waals surface area contributed by atoms with Crippen LogP contribution in [0, 0.1) is 13.8 Å². The third-order valence-corrected chi connectivity index (χ3v) is 6.02. The summed E-state index contributed by atoms with van der Waals surface area (Å²) in [4.78, 5) is 22.2. The Labute approximate surface area is 175 Å². The summed E-state index contributed by atoms with van der Waals surface area (Å²) in [6.45, 7) is 3.89. The molecule has 0 aliphatic heterocycles. The second kappa shape index (κ2) is 7.41. The number of anilines is 1. The number of aromatic nitrogens is 3. The van der Waals surface area contributed by atoms with Gasteiger partial charge in [-0.05, 0) is 51.0 Å². The monoisotopic (exact) mass is 396 g/mol. The van der Waals surface area contributed by atoms with Crippen molar-refractivity contribution in [3.63, 3.8) is 0 Å². The van der Waals surface area contributed by atoms with Gasteiger partial charge in [0.1, 0.15) is 5.82 Å². The molecule has 1 aromatic carbocycles. The molecule has 150 valence electrons. The van der Waals surface area contributed by atoms with Crippen LogP contribution in [0.15, 0.2) is 61.1 Å². The molecular formula is C25H24N4O. The van der Waals surface area contributed by atoms with E-state index >= 15 is 0 Å². The largest absolute Gasteiger partial charge is 0.322 e. The first-order chi connectivity index (χ1) is 14.6. The lowest BCUT2D eigenvalue weighted by atomic mass is 9.85. The fourth-order valence-corrected chi connectivity index (χ4v) is 4.00. The Morgan fingerprint density at radius 3 is 2.60 bits per heavy atom. The van der Waals surface area contributed by atoms with Crippen LogP contribution in [-0.4, -0.2) is 20.3 Å². The number of pyridine rings is 2. The summed E-state index contributed by atoms with van der Waals surface area (Å²) in [6, 6.07) is 13.8.